The van der Waals surface area contributed by atoms with Gasteiger partial charge in [-0.05, 0) is 11.6 Å². The van der Waals surface area contributed by atoms with Gasteiger partial charge in [-0.15, -0.1) is 0 Å². The number of hydrogen-bond donors (Lipinski definition) is 1. The van der Waals surface area contributed by atoms with E-state index in [1.54, 1.807) is 24.3 Å². The third-order valence-electron chi connectivity index (χ3n) is 4.51. The first-order valence-corrected chi connectivity index (χ1v) is 10.4. The predicted octanol–water partition coefficient (Wildman–Crippen LogP) is 0.899. The molecule has 0 unspecified atom stereocenters. The third kappa shape index (κ3) is 8.32. The molecule has 1 fully saturated rings. The van der Waals surface area contributed by atoms with Gasteiger partial charge in [0.25, 0.3) is 0 Å². The van der Waals surface area contributed by atoms with Crippen LogP contribution < -0.4 is 5.32 Å². The highest BCUT2D eigenvalue weighted by atomic mass is 16.7. The number of amides is 1. The number of carbonyl (C=O) groups is 5. The second kappa shape index (κ2) is 12.5. The molecule has 1 heterocycles. The van der Waals surface area contributed by atoms with Gasteiger partial charge in [-0.3, -0.25) is 19.2 Å². The van der Waals surface area contributed by atoms with Gasteiger partial charge in [-0.25, -0.2) is 4.79 Å². The molecule has 1 aliphatic heterocycles. The summed E-state index contributed by atoms with van der Waals surface area (Å²) in [7, 11) is 0. The zero-order valence-corrected chi connectivity index (χ0v) is 19.2. The molecule has 11 nitrogen and oxygen atoms in total. The Morgan fingerprint density at radius 3 is 2.06 bits per heavy atom. The first-order valence-electron chi connectivity index (χ1n) is 10.4. The lowest BCUT2D eigenvalue weighted by Crippen LogP contribution is -2.66. The molecule has 11 heteroatoms. The zero-order valence-electron chi connectivity index (χ0n) is 19.2. The average Bonchev–Trinajstić information content (AvgIpc) is 2.75. The van der Waals surface area contributed by atoms with E-state index in [0.29, 0.717) is 0 Å². The van der Waals surface area contributed by atoms with Gasteiger partial charge in [0.15, 0.2) is 12.2 Å². The molecule has 0 spiro atoms. The van der Waals surface area contributed by atoms with Crippen LogP contribution in [-0.4, -0.2) is 67.0 Å². The van der Waals surface area contributed by atoms with E-state index in [1.165, 1.54) is 19.9 Å². The fourth-order valence-electron chi connectivity index (χ4n) is 3.27. The highest BCUT2D eigenvalue weighted by molar-refractivity contribution is 5.87. The molecule has 0 radical (unpaired) electrons. The van der Waals surface area contributed by atoms with Crippen LogP contribution in [0.5, 0.6) is 0 Å². The van der Waals surface area contributed by atoms with Crippen molar-refractivity contribution in [3.8, 4) is 0 Å². The number of nitrogens with one attached hydrogen (secondary N) is 1. The Morgan fingerprint density at radius 1 is 0.882 bits per heavy atom. The third-order valence-corrected chi connectivity index (χ3v) is 4.51. The quantitative estimate of drug-likeness (QED) is 0.326. The molecule has 184 valence electrons. The fraction of sp³-hybridized carbons (Fsp3) is 0.435. The minimum atomic E-state index is -1.46. The van der Waals surface area contributed by atoms with Crippen LogP contribution >= 0.6 is 0 Å². The van der Waals surface area contributed by atoms with Gasteiger partial charge in [0.05, 0.1) is 0 Å². The average molecular weight is 477 g/mol. The molecule has 1 aliphatic rings. The molecule has 2 rings (SSSR count). The summed E-state index contributed by atoms with van der Waals surface area (Å²) in [4.78, 5) is 59.3. The molecule has 0 aliphatic carbocycles. The van der Waals surface area contributed by atoms with E-state index in [1.807, 2.05) is 6.07 Å². The summed E-state index contributed by atoms with van der Waals surface area (Å²) in [5, 5.41) is 2.51. The van der Waals surface area contributed by atoms with Crippen molar-refractivity contribution >= 4 is 35.9 Å². The van der Waals surface area contributed by atoms with Crippen molar-refractivity contribution in [1.29, 1.82) is 0 Å². The van der Waals surface area contributed by atoms with Gasteiger partial charge < -0.3 is 29.0 Å². The van der Waals surface area contributed by atoms with Crippen LogP contribution in [0.15, 0.2) is 36.4 Å². The lowest BCUT2D eigenvalue weighted by atomic mass is 9.96. The molecule has 1 aromatic carbocycles. The minimum absolute atomic E-state index is 0.397. The van der Waals surface area contributed by atoms with Gasteiger partial charge in [0.2, 0.25) is 12.2 Å². The molecule has 1 saturated heterocycles. The number of rotatable bonds is 8. The molecule has 0 saturated carbocycles. The Kier molecular flexibility index (Phi) is 9.75. The van der Waals surface area contributed by atoms with Crippen LogP contribution in [-0.2, 0) is 47.7 Å². The predicted molar refractivity (Wildman–Crippen MR) is 116 cm³/mol. The molecular weight excluding hydrogens is 450 g/mol. The zero-order chi connectivity index (χ0) is 25.3. The van der Waals surface area contributed by atoms with E-state index in [-0.39, 0.29) is 0 Å². The van der Waals surface area contributed by atoms with Crippen LogP contribution in [0.25, 0.3) is 6.08 Å². The summed E-state index contributed by atoms with van der Waals surface area (Å²) in [6.07, 6.45) is -2.54. The van der Waals surface area contributed by atoms with Crippen LogP contribution in [0.2, 0.25) is 0 Å². The van der Waals surface area contributed by atoms with E-state index < -0.39 is 67.0 Å². The van der Waals surface area contributed by atoms with E-state index in [0.717, 1.165) is 25.5 Å². The van der Waals surface area contributed by atoms with Gasteiger partial charge in [0, 0.05) is 33.8 Å². The SMILES string of the molecule is CC(=O)N[C@@H]1[C@H](OC(=O)/C=C/c2ccccc2)O[C@H](COC(C)=O)[C@@H](OC(C)=O)[C@@H]1OC(C)=O. The molecule has 0 aromatic heterocycles. The maximum absolute atomic E-state index is 12.5. The number of benzene rings is 1. The molecule has 1 aromatic rings. The van der Waals surface area contributed by atoms with Crippen molar-refractivity contribution in [3.05, 3.63) is 42.0 Å². The van der Waals surface area contributed by atoms with E-state index in [4.69, 9.17) is 23.7 Å². The maximum Gasteiger partial charge on any atom is 0.333 e. The lowest BCUT2D eigenvalue weighted by Gasteiger charge is -2.44. The van der Waals surface area contributed by atoms with Crippen molar-refractivity contribution in [1.82, 2.24) is 5.32 Å². The van der Waals surface area contributed by atoms with Crippen LogP contribution in [0.3, 0.4) is 0 Å². The van der Waals surface area contributed by atoms with E-state index in [9.17, 15) is 24.0 Å². The Morgan fingerprint density at radius 2 is 1.50 bits per heavy atom. The van der Waals surface area contributed by atoms with Crippen molar-refractivity contribution in [2.45, 2.75) is 58.3 Å². The largest absolute Gasteiger partial charge is 0.463 e. The molecular formula is C23H27NO10. The summed E-state index contributed by atoms with van der Waals surface area (Å²) >= 11 is 0. The monoisotopic (exact) mass is 477 g/mol. The fourth-order valence-corrected chi connectivity index (χ4v) is 3.27. The summed E-state index contributed by atoms with van der Waals surface area (Å²) in [6, 6.07) is 7.73. The minimum Gasteiger partial charge on any atom is -0.463 e. The number of ether oxygens (including phenoxy) is 5. The summed E-state index contributed by atoms with van der Waals surface area (Å²) < 4.78 is 26.8. The smallest absolute Gasteiger partial charge is 0.333 e. The van der Waals surface area contributed by atoms with E-state index >= 15 is 0 Å². The second-order valence-electron chi connectivity index (χ2n) is 7.40. The van der Waals surface area contributed by atoms with Crippen molar-refractivity contribution in [2.75, 3.05) is 6.61 Å². The second-order valence-corrected chi connectivity index (χ2v) is 7.40. The molecule has 1 amide bonds. The highest BCUT2D eigenvalue weighted by Gasteiger charge is 2.52. The van der Waals surface area contributed by atoms with Crippen LogP contribution in [0.4, 0.5) is 0 Å². The Balaban J connectivity index is 2.35. The highest BCUT2D eigenvalue weighted by Crippen LogP contribution is 2.28. The van der Waals surface area contributed by atoms with Gasteiger partial charge in [-0.1, -0.05) is 30.3 Å². The standard InChI is InChI=1S/C23H27NO10/c1-13(25)24-20-22(32-16(4)28)21(31-15(3)27)18(12-30-14(2)26)33-23(20)34-19(29)11-10-17-8-6-5-7-9-17/h5-11,18,20-23H,12H2,1-4H3,(H,24,25)/b11-10+/t18-,20+,21-,22-,23+/m1/s1. The molecule has 1 N–H and O–H groups in total. The van der Waals surface area contributed by atoms with Crippen molar-refractivity contribution in [3.63, 3.8) is 0 Å². The normalized spacial score (nSPS) is 24.1. The van der Waals surface area contributed by atoms with Gasteiger partial charge in [0.1, 0.15) is 18.8 Å². The Hall–Kier alpha value is -3.73. The molecule has 0 bridgehead atoms. The maximum atomic E-state index is 12.5. The Bertz CT molecular complexity index is 929. The van der Waals surface area contributed by atoms with Crippen molar-refractivity contribution in [2.24, 2.45) is 0 Å². The topological polar surface area (TPSA) is 144 Å². The van der Waals surface area contributed by atoms with Gasteiger partial charge >= 0.3 is 23.9 Å². The lowest BCUT2D eigenvalue weighted by molar-refractivity contribution is -0.270. The number of esters is 4. The Labute approximate surface area is 196 Å². The van der Waals surface area contributed by atoms with E-state index in [2.05, 4.69) is 5.32 Å². The van der Waals surface area contributed by atoms with Crippen molar-refractivity contribution < 1.29 is 47.7 Å². The number of carbonyl (C=O) groups excluding carboxylic acids is 5. The summed E-state index contributed by atoms with van der Waals surface area (Å²) in [6.45, 7) is 4.22. The van der Waals surface area contributed by atoms with Crippen LogP contribution in [0.1, 0.15) is 33.3 Å². The first kappa shape index (κ1) is 26.5. The first-order chi connectivity index (χ1) is 16.1. The van der Waals surface area contributed by atoms with Gasteiger partial charge in [-0.2, -0.15) is 0 Å². The summed E-state index contributed by atoms with van der Waals surface area (Å²) in [5.41, 5.74) is 0.739. The molecule has 5 atom stereocenters. The molecule has 34 heavy (non-hydrogen) atoms. The van der Waals surface area contributed by atoms with Crippen LogP contribution in [0, 0.1) is 0 Å². The summed E-state index contributed by atoms with van der Waals surface area (Å²) in [5.74, 6) is -3.49. The number of hydrogen-bond acceptors (Lipinski definition) is 10.